The highest BCUT2D eigenvalue weighted by molar-refractivity contribution is 6.76. The average molecular weight is 554 g/mol. The second kappa shape index (κ2) is 13.1. The van der Waals surface area contributed by atoms with Crippen LogP contribution in [0.3, 0.4) is 0 Å². The number of carbonyl (C=O) groups excluding carboxylic acids is 1. The van der Waals surface area contributed by atoms with E-state index in [-0.39, 0.29) is 18.4 Å². The number of hydrogen-bond donors (Lipinski definition) is 3. The van der Waals surface area contributed by atoms with Gasteiger partial charge in [-0.2, -0.15) is 0 Å². The lowest BCUT2D eigenvalue weighted by molar-refractivity contribution is -0.124. The first-order valence-electron chi connectivity index (χ1n) is 13.6. The largest absolute Gasteiger partial charge is 0.465 e. The minimum atomic E-state index is -1.24. The molecule has 0 bridgehead atoms. The Hall–Kier alpha value is -3.44. The second-order valence-electron chi connectivity index (χ2n) is 11.3. The Bertz CT molecular complexity index is 1250. The highest BCUT2D eigenvalue weighted by Crippen LogP contribution is 2.29. The molecular weight excluding hydrogens is 514 g/mol. The zero-order valence-electron chi connectivity index (χ0n) is 23.0. The fourth-order valence-corrected chi connectivity index (χ4v) is 5.39. The van der Waals surface area contributed by atoms with Crippen molar-refractivity contribution in [1.29, 1.82) is 0 Å². The predicted octanol–water partition coefficient (Wildman–Crippen LogP) is 5.16. The molecule has 3 heterocycles. The number of fused-ring (bicyclic) bond motifs is 1. The molecule has 4 rings (SSSR count). The van der Waals surface area contributed by atoms with Crippen molar-refractivity contribution in [1.82, 2.24) is 25.2 Å². The van der Waals surface area contributed by atoms with Crippen LogP contribution < -0.4 is 15.4 Å². The van der Waals surface area contributed by atoms with Crippen molar-refractivity contribution in [2.45, 2.75) is 83.0 Å². The Labute approximate surface area is 230 Å². The summed E-state index contributed by atoms with van der Waals surface area (Å²) in [6, 6.07) is 7.55. The lowest BCUT2D eigenvalue weighted by Crippen LogP contribution is -2.50. The number of rotatable bonds is 12. The second-order valence-corrected chi connectivity index (χ2v) is 16.9. The third-order valence-corrected chi connectivity index (χ3v) is 8.56. The minimum absolute atomic E-state index is 0.0943. The van der Waals surface area contributed by atoms with Crippen molar-refractivity contribution < 1.29 is 24.2 Å². The summed E-state index contributed by atoms with van der Waals surface area (Å²) in [5.41, 5.74) is 1.36. The fourth-order valence-electron chi connectivity index (χ4n) is 4.64. The van der Waals surface area contributed by atoms with Crippen molar-refractivity contribution in [3.05, 3.63) is 48.5 Å². The van der Waals surface area contributed by atoms with E-state index in [0.717, 1.165) is 49.4 Å². The lowest BCUT2D eigenvalue weighted by Gasteiger charge is -2.25. The molecule has 0 unspecified atom stereocenters. The van der Waals surface area contributed by atoms with Gasteiger partial charge in [0, 0.05) is 45.2 Å². The number of ether oxygens (including phenoxy) is 2. The van der Waals surface area contributed by atoms with Crippen LogP contribution in [0.2, 0.25) is 25.7 Å². The molecular formula is C28H39N5O5Si. The van der Waals surface area contributed by atoms with Gasteiger partial charge in [-0.3, -0.25) is 9.78 Å². The number of pyridine rings is 2. The number of carbonyl (C=O) groups is 2. The first kappa shape index (κ1) is 28.6. The number of aromatic nitrogens is 3. The van der Waals surface area contributed by atoms with E-state index < -0.39 is 20.2 Å². The topological polar surface area (TPSA) is 128 Å². The van der Waals surface area contributed by atoms with Gasteiger partial charge in [-0.25, -0.2) is 9.78 Å². The quantitative estimate of drug-likeness (QED) is 0.209. The summed E-state index contributed by atoms with van der Waals surface area (Å²) in [6.07, 6.45) is 9.29. The minimum Gasteiger partial charge on any atom is -0.465 e. The van der Waals surface area contributed by atoms with Crippen LogP contribution in [0.25, 0.3) is 11.0 Å². The summed E-state index contributed by atoms with van der Waals surface area (Å²) >= 11 is 0. The molecule has 0 radical (unpaired) electrons. The number of amides is 2. The molecule has 0 saturated heterocycles. The SMILES string of the molecule is C[Si](C)(C)CCOCn1ccc2c(Oc3ccc(C[C@H](NC(=O)O)C(=O)NC4CCCCC4)nc3)ccnc21. The van der Waals surface area contributed by atoms with Crippen molar-refractivity contribution >= 4 is 31.1 Å². The van der Waals surface area contributed by atoms with Crippen LogP contribution in [0.1, 0.15) is 37.8 Å². The molecule has 1 saturated carbocycles. The van der Waals surface area contributed by atoms with Gasteiger partial charge >= 0.3 is 6.09 Å². The van der Waals surface area contributed by atoms with Crippen molar-refractivity contribution in [3.8, 4) is 11.5 Å². The van der Waals surface area contributed by atoms with Gasteiger partial charge in [0.05, 0.1) is 11.6 Å². The van der Waals surface area contributed by atoms with E-state index in [4.69, 9.17) is 9.47 Å². The Balaban J connectivity index is 1.38. The molecule has 1 fully saturated rings. The molecule has 0 aromatic carbocycles. The van der Waals surface area contributed by atoms with Crippen LogP contribution in [0.5, 0.6) is 11.5 Å². The van der Waals surface area contributed by atoms with E-state index in [1.165, 1.54) is 6.42 Å². The molecule has 3 aromatic heterocycles. The summed E-state index contributed by atoms with van der Waals surface area (Å²) in [7, 11) is -1.15. The van der Waals surface area contributed by atoms with Gasteiger partial charge in [-0.05, 0) is 43.2 Å². The first-order chi connectivity index (χ1) is 18.7. The zero-order valence-corrected chi connectivity index (χ0v) is 24.0. The van der Waals surface area contributed by atoms with Crippen molar-refractivity contribution in [2.75, 3.05) is 6.61 Å². The molecule has 11 heteroatoms. The van der Waals surface area contributed by atoms with E-state index in [9.17, 15) is 14.7 Å². The predicted molar refractivity (Wildman–Crippen MR) is 152 cm³/mol. The molecule has 1 atom stereocenters. The Morgan fingerprint density at radius 2 is 1.92 bits per heavy atom. The molecule has 3 N–H and O–H groups in total. The Morgan fingerprint density at radius 1 is 1.13 bits per heavy atom. The van der Waals surface area contributed by atoms with Crippen LogP contribution in [-0.4, -0.2) is 58.4 Å². The molecule has 10 nitrogen and oxygen atoms in total. The zero-order chi connectivity index (χ0) is 27.8. The third-order valence-electron chi connectivity index (χ3n) is 6.85. The molecule has 3 aromatic rings. The van der Waals surface area contributed by atoms with E-state index in [0.29, 0.717) is 23.9 Å². The average Bonchev–Trinajstić information content (AvgIpc) is 3.31. The summed E-state index contributed by atoms with van der Waals surface area (Å²) in [4.78, 5) is 33.1. The molecule has 210 valence electrons. The maximum atomic E-state index is 12.8. The van der Waals surface area contributed by atoms with Crippen LogP contribution in [0.15, 0.2) is 42.9 Å². The Kier molecular flexibility index (Phi) is 9.57. The monoisotopic (exact) mass is 553 g/mol. The van der Waals surface area contributed by atoms with E-state index in [1.807, 2.05) is 16.8 Å². The van der Waals surface area contributed by atoms with Gasteiger partial charge in [-0.15, -0.1) is 0 Å². The van der Waals surface area contributed by atoms with E-state index in [2.05, 4.69) is 40.2 Å². The highest BCUT2D eigenvalue weighted by atomic mass is 28.3. The lowest BCUT2D eigenvalue weighted by atomic mass is 9.95. The summed E-state index contributed by atoms with van der Waals surface area (Å²) in [5, 5.41) is 15.5. The number of carboxylic acid groups (broad SMARTS) is 1. The Morgan fingerprint density at radius 3 is 2.62 bits per heavy atom. The van der Waals surface area contributed by atoms with Gasteiger partial charge in [0.15, 0.2) is 0 Å². The summed E-state index contributed by atoms with van der Waals surface area (Å²) in [6.45, 7) is 8.14. The van der Waals surface area contributed by atoms with Crippen LogP contribution >= 0.6 is 0 Å². The molecule has 0 spiro atoms. The summed E-state index contributed by atoms with van der Waals surface area (Å²) in [5.74, 6) is 0.854. The summed E-state index contributed by atoms with van der Waals surface area (Å²) < 4.78 is 14.0. The number of nitrogens with one attached hydrogen (secondary N) is 2. The molecule has 39 heavy (non-hydrogen) atoms. The van der Waals surface area contributed by atoms with Crippen LogP contribution in [-0.2, 0) is 22.7 Å². The van der Waals surface area contributed by atoms with Gasteiger partial charge in [0.1, 0.15) is 29.9 Å². The number of nitrogens with zero attached hydrogens (tertiary/aromatic N) is 3. The van der Waals surface area contributed by atoms with Gasteiger partial charge in [0.2, 0.25) is 5.91 Å². The van der Waals surface area contributed by atoms with E-state index in [1.54, 1.807) is 30.6 Å². The van der Waals surface area contributed by atoms with Gasteiger partial charge in [0.25, 0.3) is 0 Å². The van der Waals surface area contributed by atoms with Crippen LogP contribution in [0, 0.1) is 0 Å². The molecule has 1 aliphatic carbocycles. The first-order valence-corrected chi connectivity index (χ1v) is 17.3. The smallest absolute Gasteiger partial charge is 0.405 e. The highest BCUT2D eigenvalue weighted by Gasteiger charge is 2.25. The molecule has 1 aliphatic rings. The van der Waals surface area contributed by atoms with Gasteiger partial charge in [-0.1, -0.05) is 38.9 Å². The van der Waals surface area contributed by atoms with Crippen molar-refractivity contribution in [3.63, 3.8) is 0 Å². The maximum Gasteiger partial charge on any atom is 0.405 e. The molecule has 2 amide bonds. The van der Waals surface area contributed by atoms with Gasteiger partial charge < -0.3 is 29.8 Å². The van der Waals surface area contributed by atoms with Crippen molar-refractivity contribution in [2.24, 2.45) is 0 Å². The van der Waals surface area contributed by atoms with Crippen LogP contribution in [0.4, 0.5) is 4.79 Å². The normalized spacial score (nSPS) is 15.2. The maximum absolute atomic E-state index is 12.8. The third kappa shape index (κ3) is 8.52. The number of hydrogen-bond acceptors (Lipinski definition) is 6. The van der Waals surface area contributed by atoms with E-state index >= 15 is 0 Å². The fraction of sp³-hybridized carbons (Fsp3) is 0.500. The molecule has 0 aliphatic heterocycles. The standard InChI is InChI=1S/C28H39N5O5Si/c1-39(2,3)16-15-37-19-33-14-12-23-25(11-13-29-26(23)33)38-22-10-9-21(30-18-22)17-24(32-28(35)36)27(34)31-20-7-5-4-6-8-20/h9-14,18,20,24,32H,4-8,15-17,19H2,1-3H3,(H,31,34)(H,35,36)/t24-/m0/s1.